The summed E-state index contributed by atoms with van der Waals surface area (Å²) in [4.78, 5) is 41.1. The van der Waals surface area contributed by atoms with Gasteiger partial charge in [-0.1, -0.05) is 0 Å². The number of rotatable bonds is 7. The van der Waals surface area contributed by atoms with Gasteiger partial charge in [-0.15, -0.1) is 22.7 Å². The summed E-state index contributed by atoms with van der Waals surface area (Å²) in [5.74, 6) is -2.31. The van der Waals surface area contributed by atoms with E-state index in [9.17, 15) is 18.4 Å². The maximum absolute atomic E-state index is 13.3. The molecule has 0 fully saturated rings. The third kappa shape index (κ3) is 6.87. The maximum atomic E-state index is 13.3. The van der Waals surface area contributed by atoms with Crippen molar-refractivity contribution in [3.63, 3.8) is 0 Å². The number of esters is 1. The molecular weight excluding hydrogens is 639 g/mol. The first-order valence-corrected chi connectivity index (χ1v) is 15.2. The van der Waals surface area contributed by atoms with Crippen molar-refractivity contribution in [2.24, 2.45) is 14.1 Å². The number of hydrogen-bond donors (Lipinski definition) is 1. The van der Waals surface area contributed by atoms with Gasteiger partial charge in [-0.05, 0) is 45.0 Å². The number of nitrogens with zero attached hydrogens (tertiary/aromatic N) is 8. The smallest absolute Gasteiger partial charge is 0.356 e. The lowest BCUT2D eigenvalue weighted by molar-refractivity contribution is 0.0513. The van der Waals surface area contributed by atoms with Gasteiger partial charge in [0.15, 0.2) is 0 Å². The average Bonchev–Trinajstić information content (AvgIpc) is 3.78. The molecule has 0 radical (unpaired) electrons. The van der Waals surface area contributed by atoms with Crippen molar-refractivity contribution in [2.75, 3.05) is 6.61 Å². The molecule has 0 saturated carbocycles. The van der Waals surface area contributed by atoms with Crippen LogP contribution in [0.25, 0.3) is 42.3 Å². The molecule has 0 spiro atoms. The highest BCUT2D eigenvalue weighted by Crippen LogP contribution is 2.36. The van der Waals surface area contributed by atoms with Gasteiger partial charge < -0.3 is 9.84 Å². The number of ether oxygens (including phenoxy) is 1. The normalized spacial score (nSPS) is 10.8. The minimum atomic E-state index is -1.04. The molecule has 6 aromatic heterocycles. The molecule has 6 aromatic rings. The molecule has 0 bridgehead atoms. The first-order valence-electron chi connectivity index (χ1n) is 13.6. The standard InChI is InChI=1S/C16H15FN4O2S.C14H11FN4O2S/c1-4-23-16(22)13-6-12(20-21(13)3)14-9(2)19-15(24-14)10-5-11(17)8-18-7-10;1-7-12(10-4-11(14(20)21)19(2)18-10)22-13(17-7)8-3-9(15)6-16-5-8/h5-8H,4H2,1-3H3;3-6H,1-2H3,(H,20,21). The Labute approximate surface area is 269 Å². The Morgan fingerprint density at radius 2 is 1.24 bits per heavy atom. The van der Waals surface area contributed by atoms with Crippen molar-refractivity contribution < 1.29 is 28.2 Å². The second kappa shape index (κ2) is 13.4. The molecule has 1 N–H and O–H groups in total. The van der Waals surface area contributed by atoms with Crippen molar-refractivity contribution in [3.05, 3.63) is 83.5 Å². The van der Waals surface area contributed by atoms with Crippen LogP contribution in [0.3, 0.4) is 0 Å². The molecule has 46 heavy (non-hydrogen) atoms. The van der Waals surface area contributed by atoms with Crippen molar-refractivity contribution in [2.45, 2.75) is 20.8 Å². The molecule has 12 nitrogen and oxygen atoms in total. The Morgan fingerprint density at radius 1 is 0.783 bits per heavy atom. The molecular formula is C30H26F2N8O4S2. The van der Waals surface area contributed by atoms with Gasteiger partial charge in [0.05, 0.1) is 40.1 Å². The number of halogens is 2. The molecule has 0 aliphatic rings. The maximum Gasteiger partial charge on any atom is 0.356 e. The van der Waals surface area contributed by atoms with E-state index in [0.29, 0.717) is 50.5 Å². The number of carbonyl (C=O) groups is 2. The van der Waals surface area contributed by atoms with E-state index in [2.05, 4.69) is 30.1 Å². The zero-order valence-electron chi connectivity index (χ0n) is 25.1. The minimum Gasteiger partial charge on any atom is -0.477 e. The average molecular weight is 665 g/mol. The summed E-state index contributed by atoms with van der Waals surface area (Å²) >= 11 is 2.70. The number of hydrogen-bond acceptors (Lipinski definition) is 11. The fourth-order valence-electron chi connectivity index (χ4n) is 4.33. The second-order valence-electron chi connectivity index (χ2n) is 9.75. The van der Waals surface area contributed by atoms with Gasteiger partial charge in [-0.2, -0.15) is 10.2 Å². The van der Waals surface area contributed by atoms with Crippen LogP contribution in [-0.2, 0) is 18.8 Å². The molecule has 6 rings (SSSR count). The first-order chi connectivity index (χ1) is 21.9. The number of aromatic nitrogens is 8. The SMILES string of the molecule is CCOC(=O)c1cc(-c2sc(-c3cncc(F)c3)nc2C)nn1C.Cc1nc(-c2cncc(F)c2)sc1-c1cc(C(=O)O)n(C)n1. The van der Waals surface area contributed by atoms with Gasteiger partial charge in [0.2, 0.25) is 0 Å². The van der Waals surface area contributed by atoms with Crippen LogP contribution in [0.1, 0.15) is 39.3 Å². The summed E-state index contributed by atoms with van der Waals surface area (Å²) in [7, 11) is 3.25. The summed E-state index contributed by atoms with van der Waals surface area (Å²) < 4.78 is 34.4. The van der Waals surface area contributed by atoms with Crippen LogP contribution in [0.2, 0.25) is 0 Å². The lowest BCUT2D eigenvalue weighted by Crippen LogP contribution is -2.10. The van der Waals surface area contributed by atoms with Crippen molar-refractivity contribution >= 4 is 34.6 Å². The quantitative estimate of drug-likeness (QED) is 0.202. The number of aromatic carboxylic acids is 1. The molecule has 0 aromatic carbocycles. The number of thiazole rings is 2. The van der Waals surface area contributed by atoms with Gasteiger partial charge in [0, 0.05) is 37.6 Å². The van der Waals surface area contributed by atoms with E-state index >= 15 is 0 Å². The van der Waals surface area contributed by atoms with Crippen molar-refractivity contribution in [1.29, 1.82) is 0 Å². The summed E-state index contributed by atoms with van der Waals surface area (Å²) in [5, 5.41) is 18.9. The molecule has 0 aliphatic heterocycles. The Bertz CT molecular complexity index is 2070. The summed E-state index contributed by atoms with van der Waals surface area (Å²) in [6, 6.07) is 5.91. The van der Waals surface area contributed by atoms with Gasteiger partial charge in [-0.3, -0.25) is 19.3 Å². The van der Waals surface area contributed by atoms with Gasteiger partial charge in [0.25, 0.3) is 0 Å². The summed E-state index contributed by atoms with van der Waals surface area (Å²) in [5.41, 5.74) is 4.28. The number of carboxylic acid groups (broad SMARTS) is 1. The fourth-order valence-corrected chi connectivity index (χ4v) is 6.33. The van der Waals surface area contributed by atoms with E-state index in [1.165, 1.54) is 56.4 Å². The molecule has 16 heteroatoms. The van der Waals surface area contributed by atoms with Crippen molar-refractivity contribution in [3.8, 4) is 42.3 Å². The first kappa shape index (κ1) is 32.2. The van der Waals surface area contributed by atoms with E-state index in [1.54, 1.807) is 40.2 Å². The number of carbonyl (C=O) groups excluding carboxylic acids is 1. The highest BCUT2D eigenvalue weighted by atomic mass is 32.1. The molecule has 0 atom stereocenters. The Kier molecular flexibility index (Phi) is 9.39. The van der Waals surface area contributed by atoms with E-state index < -0.39 is 23.6 Å². The van der Waals surface area contributed by atoms with E-state index in [-0.39, 0.29) is 5.69 Å². The molecule has 236 valence electrons. The van der Waals surface area contributed by atoms with Crippen LogP contribution < -0.4 is 0 Å². The van der Waals surface area contributed by atoms with Crippen LogP contribution >= 0.6 is 22.7 Å². The summed E-state index contributed by atoms with van der Waals surface area (Å²) in [6.07, 6.45) is 5.37. The van der Waals surface area contributed by atoms with Crippen molar-refractivity contribution in [1.82, 2.24) is 39.5 Å². The zero-order chi connectivity index (χ0) is 33.1. The molecule has 0 saturated heterocycles. The van der Waals surface area contributed by atoms with Crippen LogP contribution in [0.5, 0.6) is 0 Å². The molecule has 6 heterocycles. The van der Waals surface area contributed by atoms with Crippen LogP contribution in [-0.4, -0.2) is 63.1 Å². The topological polar surface area (TPSA) is 151 Å². The van der Waals surface area contributed by atoms with E-state index in [4.69, 9.17) is 9.84 Å². The lowest BCUT2D eigenvalue weighted by atomic mass is 10.2. The number of aryl methyl sites for hydroxylation is 4. The van der Waals surface area contributed by atoms with Crippen LogP contribution in [0, 0.1) is 25.5 Å². The monoisotopic (exact) mass is 664 g/mol. The van der Waals surface area contributed by atoms with Gasteiger partial charge in [-0.25, -0.2) is 28.3 Å². The number of pyridine rings is 2. The highest BCUT2D eigenvalue weighted by molar-refractivity contribution is 7.18. The third-order valence-electron chi connectivity index (χ3n) is 6.43. The largest absolute Gasteiger partial charge is 0.477 e. The Balaban J connectivity index is 0.000000182. The summed E-state index contributed by atoms with van der Waals surface area (Å²) in [6.45, 7) is 5.70. The molecule has 0 aliphatic carbocycles. The van der Waals surface area contributed by atoms with Crippen LogP contribution in [0.15, 0.2) is 49.1 Å². The fraction of sp³-hybridized carbons (Fsp3) is 0.200. The minimum absolute atomic E-state index is 0.0942. The molecule has 0 unspecified atom stereocenters. The predicted octanol–water partition coefficient (Wildman–Crippen LogP) is 5.98. The Morgan fingerprint density at radius 3 is 1.65 bits per heavy atom. The van der Waals surface area contributed by atoms with Gasteiger partial charge in [0.1, 0.15) is 44.4 Å². The van der Waals surface area contributed by atoms with E-state index in [0.717, 1.165) is 27.8 Å². The number of carboxylic acids is 1. The third-order valence-corrected chi connectivity index (χ3v) is 8.88. The highest BCUT2D eigenvalue weighted by Gasteiger charge is 2.20. The van der Waals surface area contributed by atoms with Gasteiger partial charge >= 0.3 is 11.9 Å². The van der Waals surface area contributed by atoms with E-state index in [1.807, 2.05) is 6.92 Å². The Hall–Kier alpha value is -5.22. The lowest BCUT2D eigenvalue weighted by Gasteiger charge is -1.99. The predicted molar refractivity (Wildman–Crippen MR) is 167 cm³/mol. The molecule has 0 amide bonds. The van der Waals surface area contributed by atoms with Crippen LogP contribution in [0.4, 0.5) is 8.78 Å². The second-order valence-corrected chi connectivity index (χ2v) is 11.8. The zero-order valence-corrected chi connectivity index (χ0v) is 26.8.